The summed E-state index contributed by atoms with van der Waals surface area (Å²) in [6, 6.07) is 7.33. The lowest BCUT2D eigenvalue weighted by atomic mass is 9.98. The highest BCUT2D eigenvalue weighted by molar-refractivity contribution is 5.19. The Labute approximate surface area is 115 Å². The zero-order valence-corrected chi connectivity index (χ0v) is 11.8. The predicted molar refractivity (Wildman–Crippen MR) is 77.4 cm³/mol. The topological polar surface area (TPSA) is 29.3 Å². The first kappa shape index (κ1) is 14.5. The Hall–Kier alpha value is -0.930. The molecular formula is C16H25FN2. The SMILES string of the molecule is CCC1CCCCN1CCC(N)c1cccc(F)c1. The molecule has 1 saturated heterocycles. The third kappa shape index (κ3) is 4.02. The minimum absolute atomic E-state index is 0.0601. The second-order valence-corrected chi connectivity index (χ2v) is 5.54. The summed E-state index contributed by atoms with van der Waals surface area (Å²) in [5.74, 6) is -0.197. The molecule has 2 rings (SSSR count). The van der Waals surface area contributed by atoms with Crippen LogP contribution in [0.25, 0.3) is 0 Å². The van der Waals surface area contributed by atoms with Crippen LogP contribution >= 0.6 is 0 Å². The van der Waals surface area contributed by atoms with Crippen LogP contribution in [0.15, 0.2) is 24.3 Å². The minimum atomic E-state index is -0.197. The highest BCUT2D eigenvalue weighted by Crippen LogP contribution is 2.22. The molecule has 19 heavy (non-hydrogen) atoms. The van der Waals surface area contributed by atoms with Crippen molar-refractivity contribution in [1.29, 1.82) is 0 Å². The highest BCUT2D eigenvalue weighted by atomic mass is 19.1. The third-order valence-corrected chi connectivity index (χ3v) is 4.22. The van der Waals surface area contributed by atoms with E-state index in [0.29, 0.717) is 6.04 Å². The fraction of sp³-hybridized carbons (Fsp3) is 0.625. The highest BCUT2D eigenvalue weighted by Gasteiger charge is 2.21. The zero-order valence-electron chi connectivity index (χ0n) is 11.8. The van der Waals surface area contributed by atoms with Crippen molar-refractivity contribution in [2.24, 2.45) is 5.73 Å². The first-order chi connectivity index (χ1) is 9.20. The second kappa shape index (κ2) is 7.01. The average molecular weight is 264 g/mol. The van der Waals surface area contributed by atoms with E-state index < -0.39 is 0 Å². The third-order valence-electron chi connectivity index (χ3n) is 4.22. The molecule has 0 radical (unpaired) electrons. The lowest BCUT2D eigenvalue weighted by Crippen LogP contribution is -2.40. The quantitative estimate of drug-likeness (QED) is 0.882. The van der Waals surface area contributed by atoms with Crippen molar-refractivity contribution >= 4 is 0 Å². The zero-order chi connectivity index (χ0) is 13.7. The fourth-order valence-corrected chi connectivity index (χ4v) is 3.03. The first-order valence-corrected chi connectivity index (χ1v) is 7.45. The van der Waals surface area contributed by atoms with Crippen molar-refractivity contribution in [2.45, 2.75) is 51.1 Å². The van der Waals surface area contributed by atoms with Crippen LogP contribution in [0.4, 0.5) is 4.39 Å². The number of rotatable bonds is 5. The molecule has 1 aliphatic heterocycles. The Morgan fingerprint density at radius 1 is 1.42 bits per heavy atom. The van der Waals surface area contributed by atoms with Gasteiger partial charge in [0, 0.05) is 18.6 Å². The lowest BCUT2D eigenvalue weighted by Gasteiger charge is -2.35. The number of piperidine rings is 1. The van der Waals surface area contributed by atoms with Crippen LogP contribution in [0.2, 0.25) is 0 Å². The number of hydrogen-bond acceptors (Lipinski definition) is 2. The van der Waals surface area contributed by atoms with E-state index >= 15 is 0 Å². The molecule has 2 nitrogen and oxygen atoms in total. The molecule has 0 bridgehead atoms. The van der Waals surface area contributed by atoms with Gasteiger partial charge in [-0.15, -0.1) is 0 Å². The van der Waals surface area contributed by atoms with Crippen molar-refractivity contribution in [3.05, 3.63) is 35.6 Å². The Kier molecular flexibility index (Phi) is 5.34. The minimum Gasteiger partial charge on any atom is -0.324 e. The molecular weight excluding hydrogens is 239 g/mol. The molecule has 106 valence electrons. The summed E-state index contributed by atoms with van der Waals surface area (Å²) in [5, 5.41) is 0. The molecule has 1 heterocycles. The molecule has 1 aliphatic rings. The van der Waals surface area contributed by atoms with Gasteiger partial charge in [-0.2, -0.15) is 0 Å². The van der Waals surface area contributed by atoms with E-state index in [1.54, 1.807) is 12.1 Å². The Morgan fingerprint density at radius 2 is 2.26 bits per heavy atom. The molecule has 0 saturated carbocycles. The van der Waals surface area contributed by atoms with E-state index in [-0.39, 0.29) is 11.9 Å². The van der Waals surface area contributed by atoms with Gasteiger partial charge in [-0.3, -0.25) is 0 Å². The van der Waals surface area contributed by atoms with Crippen LogP contribution < -0.4 is 5.73 Å². The van der Waals surface area contributed by atoms with Gasteiger partial charge in [-0.1, -0.05) is 25.5 Å². The van der Waals surface area contributed by atoms with Gasteiger partial charge in [-0.05, 0) is 49.9 Å². The monoisotopic (exact) mass is 264 g/mol. The number of nitrogens with two attached hydrogens (primary N) is 1. The largest absolute Gasteiger partial charge is 0.324 e. The van der Waals surface area contributed by atoms with Crippen molar-refractivity contribution in [3.63, 3.8) is 0 Å². The van der Waals surface area contributed by atoms with E-state index in [1.807, 2.05) is 6.07 Å². The van der Waals surface area contributed by atoms with Gasteiger partial charge >= 0.3 is 0 Å². The maximum absolute atomic E-state index is 13.2. The van der Waals surface area contributed by atoms with Crippen LogP contribution in [0.1, 0.15) is 50.6 Å². The normalized spacial score (nSPS) is 22.4. The fourth-order valence-electron chi connectivity index (χ4n) is 3.03. The summed E-state index contributed by atoms with van der Waals surface area (Å²) in [4.78, 5) is 2.56. The maximum atomic E-state index is 13.2. The summed E-state index contributed by atoms with van der Waals surface area (Å²) in [6.07, 6.45) is 6.08. The molecule has 1 fully saturated rings. The van der Waals surface area contributed by atoms with Crippen molar-refractivity contribution in [3.8, 4) is 0 Å². The number of hydrogen-bond donors (Lipinski definition) is 1. The summed E-state index contributed by atoms with van der Waals surface area (Å²) >= 11 is 0. The molecule has 2 atom stereocenters. The molecule has 2 unspecified atom stereocenters. The maximum Gasteiger partial charge on any atom is 0.123 e. The summed E-state index contributed by atoms with van der Waals surface area (Å²) in [6.45, 7) is 4.47. The van der Waals surface area contributed by atoms with Crippen LogP contribution in [-0.4, -0.2) is 24.0 Å². The molecule has 2 N–H and O–H groups in total. The number of halogens is 1. The Morgan fingerprint density at radius 3 is 3.00 bits per heavy atom. The van der Waals surface area contributed by atoms with Crippen molar-refractivity contribution in [1.82, 2.24) is 4.90 Å². The molecule has 1 aromatic rings. The number of benzene rings is 1. The Bertz CT molecular complexity index is 394. The van der Waals surface area contributed by atoms with Gasteiger partial charge in [-0.25, -0.2) is 4.39 Å². The average Bonchev–Trinajstić information content (AvgIpc) is 2.45. The lowest BCUT2D eigenvalue weighted by molar-refractivity contribution is 0.139. The van der Waals surface area contributed by atoms with Crippen LogP contribution in [-0.2, 0) is 0 Å². The summed E-state index contributed by atoms with van der Waals surface area (Å²) in [5.41, 5.74) is 7.08. The molecule has 0 spiro atoms. The summed E-state index contributed by atoms with van der Waals surface area (Å²) in [7, 11) is 0. The molecule has 0 amide bonds. The standard InChI is InChI=1S/C16H25FN2/c1-2-15-8-3-4-10-19(15)11-9-16(18)13-6-5-7-14(17)12-13/h5-7,12,15-16H,2-4,8-11,18H2,1H3. The Balaban J connectivity index is 1.87. The molecule has 0 aromatic heterocycles. The summed E-state index contributed by atoms with van der Waals surface area (Å²) < 4.78 is 13.2. The van der Waals surface area contributed by atoms with Crippen LogP contribution in [0.3, 0.4) is 0 Å². The molecule has 3 heteroatoms. The van der Waals surface area contributed by atoms with Crippen molar-refractivity contribution < 1.29 is 4.39 Å². The van der Waals surface area contributed by atoms with E-state index in [2.05, 4.69) is 11.8 Å². The van der Waals surface area contributed by atoms with Gasteiger partial charge in [0.05, 0.1) is 0 Å². The van der Waals surface area contributed by atoms with Gasteiger partial charge < -0.3 is 10.6 Å². The van der Waals surface area contributed by atoms with Gasteiger partial charge in [0.25, 0.3) is 0 Å². The van der Waals surface area contributed by atoms with E-state index in [1.165, 1.54) is 38.3 Å². The van der Waals surface area contributed by atoms with E-state index in [4.69, 9.17) is 5.73 Å². The molecule has 1 aromatic carbocycles. The number of nitrogens with zero attached hydrogens (tertiary/aromatic N) is 1. The van der Waals surface area contributed by atoms with Crippen molar-refractivity contribution in [2.75, 3.05) is 13.1 Å². The van der Waals surface area contributed by atoms with Gasteiger partial charge in [0.2, 0.25) is 0 Å². The predicted octanol–water partition coefficient (Wildman–Crippen LogP) is 3.48. The van der Waals surface area contributed by atoms with E-state index in [0.717, 1.165) is 18.5 Å². The second-order valence-electron chi connectivity index (χ2n) is 5.54. The smallest absolute Gasteiger partial charge is 0.123 e. The number of likely N-dealkylation sites (tertiary alicyclic amines) is 1. The first-order valence-electron chi connectivity index (χ1n) is 7.45. The van der Waals surface area contributed by atoms with Gasteiger partial charge in [0.15, 0.2) is 0 Å². The van der Waals surface area contributed by atoms with E-state index in [9.17, 15) is 4.39 Å². The van der Waals surface area contributed by atoms with Gasteiger partial charge in [0.1, 0.15) is 5.82 Å². The van der Waals surface area contributed by atoms with Crippen LogP contribution in [0, 0.1) is 5.82 Å². The molecule has 0 aliphatic carbocycles. The van der Waals surface area contributed by atoms with Crippen LogP contribution in [0.5, 0.6) is 0 Å².